The lowest BCUT2D eigenvalue weighted by atomic mass is 9.94. The predicted molar refractivity (Wildman–Crippen MR) is 127 cm³/mol. The first kappa shape index (κ1) is 22.1. The van der Waals surface area contributed by atoms with Gasteiger partial charge in [-0.2, -0.15) is 0 Å². The lowest BCUT2D eigenvalue weighted by Gasteiger charge is -2.41. The number of piperazine rings is 1. The smallest absolute Gasteiger partial charge is 0.256 e. The normalized spacial score (nSPS) is 20.9. The first-order valence-electron chi connectivity index (χ1n) is 11.8. The Labute approximate surface area is 198 Å². The zero-order valence-corrected chi connectivity index (χ0v) is 19.2. The molecule has 0 radical (unpaired) electrons. The average molecular weight is 461 g/mol. The zero-order valence-electron chi connectivity index (χ0n) is 19.2. The minimum atomic E-state index is -0.727. The average Bonchev–Trinajstić information content (AvgIpc) is 2.97. The van der Waals surface area contributed by atoms with Crippen molar-refractivity contribution in [2.24, 2.45) is 5.92 Å². The third kappa shape index (κ3) is 4.04. The van der Waals surface area contributed by atoms with E-state index in [2.05, 4.69) is 5.32 Å². The van der Waals surface area contributed by atoms with E-state index in [9.17, 15) is 19.2 Å². The van der Waals surface area contributed by atoms with Crippen LogP contribution in [0.2, 0.25) is 0 Å². The van der Waals surface area contributed by atoms with Crippen molar-refractivity contribution in [2.75, 3.05) is 38.0 Å². The van der Waals surface area contributed by atoms with Gasteiger partial charge in [0.1, 0.15) is 6.04 Å². The van der Waals surface area contributed by atoms with Crippen LogP contribution in [0.1, 0.15) is 30.1 Å². The molecule has 1 N–H and O–H groups in total. The van der Waals surface area contributed by atoms with E-state index >= 15 is 0 Å². The second-order valence-electron chi connectivity index (χ2n) is 9.19. The Morgan fingerprint density at radius 3 is 2.32 bits per heavy atom. The summed E-state index contributed by atoms with van der Waals surface area (Å²) in [6.45, 7) is 3.59. The van der Waals surface area contributed by atoms with Crippen LogP contribution in [0.4, 0.5) is 5.69 Å². The molecule has 2 fully saturated rings. The molecule has 3 aliphatic rings. The Morgan fingerprint density at radius 1 is 0.882 bits per heavy atom. The van der Waals surface area contributed by atoms with Crippen LogP contribution in [0.15, 0.2) is 48.5 Å². The highest BCUT2D eigenvalue weighted by molar-refractivity contribution is 6.10. The number of fused-ring (bicyclic) bond motifs is 2. The summed E-state index contributed by atoms with van der Waals surface area (Å²) in [4.78, 5) is 56.4. The number of nitrogens with one attached hydrogen (secondary N) is 1. The maximum Gasteiger partial charge on any atom is 0.256 e. The van der Waals surface area contributed by atoms with Gasteiger partial charge in [0.15, 0.2) is 0 Å². The minimum absolute atomic E-state index is 0.0104. The molecule has 34 heavy (non-hydrogen) atoms. The number of hydrogen-bond acceptors (Lipinski definition) is 4. The molecule has 0 aromatic heterocycles. The molecule has 5 rings (SSSR count). The monoisotopic (exact) mass is 460 g/mol. The Hall–Kier alpha value is -3.68. The van der Waals surface area contributed by atoms with Gasteiger partial charge in [0, 0.05) is 39.0 Å². The molecule has 0 saturated carbocycles. The molecule has 1 atom stereocenters. The molecule has 8 nitrogen and oxygen atoms in total. The van der Waals surface area contributed by atoms with Crippen LogP contribution >= 0.6 is 0 Å². The molecule has 0 spiro atoms. The van der Waals surface area contributed by atoms with Crippen molar-refractivity contribution < 1.29 is 19.2 Å². The Bertz CT molecular complexity index is 1140. The number of anilines is 1. The van der Waals surface area contributed by atoms with Crippen LogP contribution < -0.4 is 5.32 Å². The van der Waals surface area contributed by atoms with Gasteiger partial charge in [-0.1, -0.05) is 36.4 Å². The molecular weight excluding hydrogens is 432 g/mol. The van der Waals surface area contributed by atoms with Gasteiger partial charge in [-0.25, -0.2) is 0 Å². The SMILES string of the molecule is CC(=O)N1CCC(C(=O)N2CCN3C(=O)c4cc(-c5ccccc5)ccc4NC(=O)C3C2)CC1. The summed E-state index contributed by atoms with van der Waals surface area (Å²) in [5.41, 5.74) is 2.87. The maximum absolute atomic E-state index is 13.5. The summed E-state index contributed by atoms with van der Waals surface area (Å²) in [6.07, 6.45) is 1.25. The van der Waals surface area contributed by atoms with Gasteiger partial charge in [-0.05, 0) is 36.1 Å². The number of likely N-dealkylation sites (tertiary alicyclic amines) is 1. The van der Waals surface area contributed by atoms with Gasteiger partial charge in [0.05, 0.1) is 17.8 Å². The van der Waals surface area contributed by atoms with Crippen LogP contribution in [-0.4, -0.2) is 77.1 Å². The molecular formula is C26H28N4O4. The summed E-state index contributed by atoms with van der Waals surface area (Å²) in [5, 5.41) is 2.90. The van der Waals surface area contributed by atoms with Gasteiger partial charge >= 0.3 is 0 Å². The van der Waals surface area contributed by atoms with Gasteiger partial charge in [0.25, 0.3) is 5.91 Å². The minimum Gasteiger partial charge on any atom is -0.343 e. The van der Waals surface area contributed by atoms with Gasteiger partial charge in [-0.15, -0.1) is 0 Å². The van der Waals surface area contributed by atoms with Crippen LogP contribution in [0.3, 0.4) is 0 Å². The lowest BCUT2D eigenvalue weighted by Crippen LogP contribution is -2.60. The number of amides is 4. The standard InChI is InChI=1S/C26H28N4O4/c1-17(31)28-11-9-19(10-12-28)25(33)29-13-14-30-23(16-29)24(32)27-22-8-7-20(15-21(22)26(30)34)18-5-3-2-4-6-18/h2-8,15,19,23H,9-14,16H2,1H3,(H,27,32). The third-order valence-corrected chi connectivity index (χ3v) is 7.16. The van der Waals surface area contributed by atoms with Gasteiger partial charge in [-0.3, -0.25) is 19.2 Å². The van der Waals surface area contributed by atoms with Crippen molar-refractivity contribution in [3.63, 3.8) is 0 Å². The van der Waals surface area contributed by atoms with Crippen molar-refractivity contribution in [2.45, 2.75) is 25.8 Å². The van der Waals surface area contributed by atoms with Crippen LogP contribution in [-0.2, 0) is 14.4 Å². The summed E-state index contributed by atoms with van der Waals surface area (Å²) in [7, 11) is 0. The topological polar surface area (TPSA) is 90.0 Å². The molecule has 4 amide bonds. The Kier molecular flexibility index (Phi) is 5.81. The molecule has 0 aliphatic carbocycles. The van der Waals surface area contributed by atoms with Crippen molar-refractivity contribution >= 4 is 29.3 Å². The predicted octanol–water partition coefficient (Wildman–Crippen LogP) is 2.22. The highest BCUT2D eigenvalue weighted by Crippen LogP contribution is 2.31. The van der Waals surface area contributed by atoms with E-state index in [4.69, 9.17) is 0 Å². The third-order valence-electron chi connectivity index (χ3n) is 7.16. The summed E-state index contributed by atoms with van der Waals surface area (Å²) in [5.74, 6) is -0.585. The second kappa shape index (κ2) is 8.93. The Balaban J connectivity index is 1.33. The van der Waals surface area contributed by atoms with Crippen LogP contribution in [0, 0.1) is 5.92 Å². The van der Waals surface area contributed by atoms with Crippen molar-refractivity contribution in [1.82, 2.24) is 14.7 Å². The molecule has 3 aliphatic heterocycles. The van der Waals surface area contributed by atoms with E-state index in [0.29, 0.717) is 50.3 Å². The van der Waals surface area contributed by atoms with E-state index in [1.807, 2.05) is 42.5 Å². The number of rotatable bonds is 2. The van der Waals surface area contributed by atoms with Crippen molar-refractivity contribution in [3.05, 3.63) is 54.1 Å². The molecule has 176 valence electrons. The Morgan fingerprint density at radius 2 is 1.62 bits per heavy atom. The van der Waals surface area contributed by atoms with E-state index in [1.54, 1.807) is 27.7 Å². The van der Waals surface area contributed by atoms with E-state index in [1.165, 1.54) is 0 Å². The first-order chi connectivity index (χ1) is 16.4. The highest BCUT2D eigenvalue weighted by atomic mass is 16.2. The van der Waals surface area contributed by atoms with Crippen molar-refractivity contribution in [1.29, 1.82) is 0 Å². The molecule has 3 heterocycles. The number of hydrogen-bond donors (Lipinski definition) is 1. The highest BCUT2D eigenvalue weighted by Gasteiger charge is 2.41. The number of nitrogens with zero attached hydrogens (tertiary/aromatic N) is 3. The molecule has 2 aromatic rings. The van der Waals surface area contributed by atoms with Gasteiger partial charge in [0.2, 0.25) is 17.7 Å². The molecule has 2 saturated heterocycles. The number of carbonyl (C=O) groups is 4. The number of carbonyl (C=O) groups excluding carboxylic acids is 4. The quantitative estimate of drug-likeness (QED) is 0.744. The maximum atomic E-state index is 13.5. The molecule has 2 aromatic carbocycles. The summed E-state index contributed by atoms with van der Waals surface area (Å²) >= 11 is 0. The lowest BCUT2D eigenvalue weighted by molar-refractivity contribution is -0.143. The first-order valence-corrected chi connectivity index (χ1v) is 11.8. The van der Waals surface area contributed by atoms with Crippen molar-refractivity contribution in [3.8, 4) is 11.1 Å². The largest absolute Gasteiger partial charge is 0.343 e. The van der Waals surface area contributed by atoms with Crippen LogP contribution in [0.25, 0.3) is 11.1 Å². The molecule has 1 unspecified atom stereocenters. The van der Waals surface area contributed by atoms with E-state index < -0.39 is 6.04 Å². The molecule has 8 heteroatoms. The van der Waals surface area contributed by atoms with Gasteiger partial charge < -0.3 is 20.0 Å². The fourth-order valence-electron chi connectivity index (χ4n) is 5.16. The fourth-order valence-corrected chi connectivity index (χ4v) is 5.16. The summed E-state index contributed by atoms with van der Waals surface area (Å²) in [6, 6.07) is 14.6. The van der Waals surface area contributed by atoms with E-state index in [0.717, 1.165) is 11.1 Å². The summed E-state index contributed by atoms with van der Waals surface area (Å²) < 4.78 is 0. The number of benzene rings is 2. The molecule has 0 bridgehead atoms. The number of piperidine rings is 1. The second-order valence-corrected chi connectivity index (χ2v) is 9.19. The fraction of sp³-hybridized carbons (Fsp3) is 0.385. The van der Waals surface area contributed by atoms with Crippen LogP contribution in [0.5, 0.6) is 0 Å². The van der Waals surface area contributed by atoms with E-state index in [-0.39, 0.29) is 36.1 Å². The zero-order chi connectivity index (χ0) is 23.8.